The Morgan fingerprint density at radius 3 is 2.79 bits per heavy atom. The van der Waals surface area contributed by atoms with Gasteiger partial charge < -0.3 is 15.4 Å². The molecule has 19 heavy (non-hydrogen) atoms. The summed E-state index contributed by atoms with van der Waals surface area (Å²) >= 11 is 0. The largest absolute Gasteiger partial charge is 0.450 e. The molecule has 0 unspecified atom stereocenters. The highest BCUT2D eigenvalue weighted by atomic mass is 16.6. The van der Waals surface area contributed by atoms with Gasteiger partial charge >= 0.3 is 6.09 Å². The van der Waals surface area contributed by atoms with Crippen LogP contribution in [0, 0.1) is 0 Å². The van der Waals surface area contributed by atoms with E-state index in [4.69, 9.17) is 10.5 Å². The Labute approximate surface area is 113 Å². The molecular formula is C13H20N4O2. The Kier molecular flexibility index (Phi) is 4.57. The monoisotopic (exact) mass is 264 g/mol. The molecule has 0 radical (unpaired) electrons. The minimum absolute atomic E-state index is 0.219. The van der Waals surface area contributed by atoms with Crippen LogP contribution in [0.25, 0.3) is 0 Å². The molecule has 6 nitrogen and oxygen atoms in total. The second kappa shape index (κ2) is 6.38. The zero-order valence-electron chi connectivity index (χ0n) is 11.2. The fraction of sp³-hybridized carbons (Fsp3) is 0.538. The molecule has 1 aromatic heterocycles. The molecule has 0 atom stereocenters. The molecule has 6 heteroatoms. The van der Waals surface area contributed by atoms with Crippen molar-refractivity contribution in [2.45, 2.75) is 13.5 Å². The summed E-state index contributed by atoms with van der Waals surface area (Å²) in [6.07, 6.45) is 1.47. The summed E-state index contributed by atoms with van der Waals surface area (Å²) < 4.78 is 4.99. The first-order valence-corrected chi connectivity index (χ1v) is 6.54. The Morgan fingerprint density at radius 2 is 2.16 bits per heavy atom. The maximum Gasteiger partial charge on any atom is 0.409 e. The quantitative estimate of drug-likeness (QED) is 0.879. The molecule has 1 aliphatic heterocycles. The van der Waals surface area contributed by atoms with E-state index >= 15 is 0 Å². The average Bonchev–Trinajstić information content (AvgIpc) is 2.42. The van der Waals surface area contributed by atoms with Gasteiger partial charge in [-0.25, -0.2) is 9.78 Å². The van der Waals surface area contributed by atoms with Gasteiger partial charge in [0.05, 0.1) is 6.61 Å². The van der Waals surface area contributed by atoms with E-state index in [1.54, 1.807) is 11.1 Å². The summed E-state index contributed by atoms with van der Waals surface area (Å²) in [5.74, 6) is 0.579. The molecule has 2 N–H and O–H groups in total. The Balaban J connectivity index is 1.84. The van der Waals surface area contributed by atoms with Gasteiger partial charge in [0, 0.05) is 44.5 Å². The van der Waals surface area contributed by atoms with Gasteiger partial charge in [-0.05, 0) is 13.0 Å². The number of rotatable bonds is 3. The van der Waals surface area contributed by atoms with Crippen LogP contribution in [0.4, 0.5) is 10.6 Å². The van der Waals surface area contributed by atoms with Gasteiger partial charge in [0.25, 0.3) is 0 Å². The molecule has 1 fully saturated rings. The summed E-state index contributed by atoms with van der Waals surface area (Å²) in [4.78, 5) is 19.7. The van der Waals surface area contributed by atoms with Crippen molar-refractivity contribution in [3.05, 3.63) is 23.9 Å². The van der Waals surface area contributed by atoms with E-state index < -0.39 is 0 Å². The van der Waals surface area contributed by atoms with Crippen LogP contribution in [0.1, 0.15) is 12.5 Å². The lowest BCUT2D eigenvalue weighted by molar-refractivity contribution is 0.0778. The Hall–Kier alpha value is -1.82. The van der Waals surface area contributed by atoms with E-state index in [-0.39, 0.29) is 6.09 Å². The van der Waals surface area contributed by atoms with E-state index in [1.807, 2.05) is 19.1 Å². The standard InChI is InChI=1S/C13H20N4O2/c1-2-19-13(18)17-8-6-16(7-9-17)10-11-4-3-5-15-12(11)14/h3-5H,2,6-10H2,1H3,(H2,14,15). The SMILES string of the molecule is CCOC(=O)N1CCN(Cc2cccnc2N)CC1. The van der Waals surface area contributed by atoms with Crippen molar-refractivity contribution in [3.8, 4) is 0 Å². The second-order valence-electron chi connectivity index (χ2n) is 4.51. The van der Waals surface area contributed by atoms with E-state index in [0.717, 1.165) is 25.2 Å². The first-order valence-electron chi connectivity index (χ1n) is 6.54. The zero-order valence-corrected chi connectivity index (χ0v) is 11.2. The van der Waals surface area contributed by atoms with Gasteiger partial charge in [0.1, 0.15) is 5.82 Å². The number of pyridine rings is 1. The Bertz CT molecular complexity index is 430. The normalized spacial score (nSPS) is 16.4. The molecule has 1 aliphatic rings. The number of carbonyl (C=O) groups is 1. The maximum absolute atomic E-state index is 11.6. The van der Waals surface area contributed by atoms with Crippen LogP contribution in [-0.4, -0.2) is 53.7 Å². The number of hydrogen-bond acceptors (Lipinski definition) is 5. The van der Waals surface area contributed by atoms with Crippen molar-refractivity contribution >= 4 is 11.9 Å². The molecular weight excluding hydrogens is 244 g/mol. The molecule has 2 heterocycles. The van der Waals surface area contributed by atoms with E-state index in [9.17, 15) is 4.79 Å². The zero-order chi connectivity index (χ0) is 13.7. The van der Waals surface area contributed by atoms with Crippen molar-refractivity contribution in [2.24, 2.45) is 0 Å². The number of piperazine rings is 1. The van der Waals surface area contributed by atoms with Crippen LogP contribution < -0.4 is 5.73 Å². The number of hydrogen-bond donors (Lipinski definition) is 1. The van der Waals surface area contributed by atoms with Crippen LogP contribution in [0.15, 0.2) is 18.3 Å². The summed E-state index contributed by atoms with van der Waals surface area (Å²) in [6.45, 7) is 6.05. The third kappa shape index (κ3) is 3.57. The van der Waals surface area contributed by atoms with Gasteiger partial charge in [-0.3, -0.25) is 4.90 Å². The van der Waals surface area contributed by atoms with Gasteiger partial charge in [-0.15, -0.1) is 0 Å². The molecule has 0 spiro atoms. The summed E-state index contributed by atoms with van der Waals surface area (Å²) in [5, 5.41) is 0. The first kappa shape index (κ1) is 13.6. The summed E-state index contributed by atoms with van der Waals surface area (Å²) in [6, 6.07) is 3.88. The van der Waals surface area contributed by atoms with Gasteiger partial charge in [-0.2, -0.15) is 0 Å². The van der Waals surface area contributed by atoms with E-state index in [2.05, 4.69) is 9.88 Å². The van der Waals surface area contributed by atoms with Crippen LogP contribution in [0.2, 0.25) is 0 Å². The second-order valence-corrected chi connectivity index (χ2v) is 4.51. The third-order valence-corrected chi connectivity index (χ3v) is 3.22. The topological polar surface area (TPSA) is 71.7 Å². The van der Waals surface area contributed by atoms with Crippen molar-refractivity contribution in [2.75, 3.05) is 38.5 Å². The summed E-state index contributed by atoms with van der Waals surface area (Å²) in [7, 11) is 0. The number of nitrogen functional groups attached to an aromatic ring is 1. The third-order valence-electron chi connectivity index (χ3n) is 3.22. The highest BCUT2D eigenvalue weighted by Crippen LogP contribution is 2.13. The number of ether oxygens (including phenoxy) is 1. The Morgan fingerprint density at radius 1 is 1.42 bits per heavy atom. The summed E-state index contributed by atoms with van der Waals surface area (Å²) in [5.41, 5.74) is 6.86. The molecule has 2 rings (SSSR count). The van der Waals surface area contributed by atoms with E-state index in [0.29, 0.717) is 25.5 Å². The van der Waals surface area contributed by atoms with Crippen LogP contribution in [0.5, 0.6) is 0 Å². The number of carbonyl (C=O) groups excluding carboxylic acids is 1. The number of aromatic nitrogens is 1. The fourth-order valence-corrected chi connectivity index (χ4v) is 2.13. The van der Waals surface area contributed by atoms with Crippen molar-refractivity contribution in [1.29, 1.82) is 0 Å². The average molecular weight is 264 g/mol. The lowest BCUT2D eigenvalue weighted by atomic mass is 10.2. The molecule has 0 bridgehead atoms. The van der Waals surface area contributed by atoms with Crippen molar-refractivity contribution < 1.29 is 9.53 Å². The van der Waals surface area contributed by atoms with Gasteiger partial charge in [0.15, 0.2) is 0 Å². The minimum Gasteiger partial charge on any atom is -0.450 e. The molecule has 0 saturated carbocycles. The van der Waals surface area contributed by atoms with Gasteiger partial charge in [0.2, 0.25) is 0 Å². The first-order chi connectivity index (χ1) is 9.20. The highest BCUT2D eigenvalue weighted by Gasteiger charge is 2.22. The fourth-order valence-electron chi connectivity index (χ4n) is 2.13. The number of amides is 1. The lowest BCUT2D eigenvalue weighted by Gasteiger charge is -2.34. The van der Waals surface area contributed by atoms with Crippen molar-refractivity contribution in [1.82, 2.24) is 14.8 Å². The molecule has 104 valence electrons. The van der Waals surface area contributed by atoms with Crippen LogP contribution in [-0.2, 0) is 11.3 Å². The molecule has 0 aliphatic carbocycles. The predicted molar refractivity (Wildman–Crippen MR) is 72.5 cm³/mol. The van der Waals surface area contributed by atoms with Gasteiger partial charge in [-0.1, -0.05) is 6.07 Å². The van der Waals surface area contributed by atoms with Crippen molar-refractivity contribution in [3.63, 3.8) is 0 Å². The molecule has 1 saturated heterocycles. The van der Waals surface area contributed by atoms with Crippen LogP contribution >= 0.6 is 0 Å². The highest BCUT2D eigenvalue weighted by molar-refractivity contribution is 5.67. The molecule has 1 aromatic rings. The molecule has 1 amide bonds. The lowest BCUT2D eigenvalue weighted by Crippen LogP contribution is -2.48. The maximum atomic E-state index is 11.6. The minimum atomic E-state index is -0.219. The number of nitrogens with zero attached hydrogens (tertiary/aromatic N) is 3. The van der Waals surface area contributed by atoms with Crippen LogP contribution in [0.3, 0.4) is 0 Å². The molecule has 0 aromatic carbocycles. The predicted octanol–water partition coefficient (Wildman–Crippen LogP) is 0.938. The van der Waals surface area contributed by atoms with E-state index in [1.165, 1.54) is 0 Å². The number of anilines is 1. The smallest absolute Gasteiger partial charge is 0.409 e. The number of nitrogens with two attached hydrogens (primary N) is 1.